The van der Waals surface area contributed by atoms with Gasteiger partial charge in [-0.05, 0) is 48.6 Å². The summed E-state index contributed by atoms with van der Waals surface area (Å²) >= 11 is 1.27. The van der Waals surface area contributed by atoms with Crippen LogP contribution in [0.5, 0.6) is 11.5 Å². The first-order valence-electron chi connectivity index (χ1n) is 11.2. The quantitative estimate of drug-likeness (QED) is 0.373. The highest BCUT2D eigenvalue weighted by Gasteiger charge is 2.26. The predicted molar refractivity (Wildman–Crippen MR) is 135 cm³/mol. The van der Waals surface area contributed by atoms with Crippen molar-refractivity contribution in [3.05, 3.63) is 82.7 Å². The minimum absolute atomic E-state index is 0.0827. The molecule has 1 N–H and O–H groups in total. The largest absolute Gasteiger partial charge is 0.493 e. The molecular formula is C26H24N4O5S. The number of amides is 1. The molecule has 9 nitrogen and oxygen atoms in total. The van der Waals surface area contributed by atoms with E-state index in [1.165, 1.54) is 43.3 Å². The summed E-state index contributed by atoms with van der Waals surface area (Å²) in [5.74, 6) is 0.847. The van der Waals surface area contributed by atoms with Crippen molar-refractivity contribution < 1.29 is 23.7 Å². The maximum absolute atomic E-state index is 12.6. The third-order valence-electron chi connectivity index (χ3n) is 5.26. The molecular weight excluding hydrogens is 480 g/mol. The molecule has 0 radical (unpaired) electrons. The minimum atomic E-state index is -0.567. The molecule has 1 amide bonds. The fourth-order valence-corrected chi connectivity index (χ4v) is 4.15. The Kier molecular flexibility index (Phi) is 8.16. The van der Waals surface area contributed by atoms with Crippen LogP contribution in [0.25, 0.3) is 6.08 Å². The zero-order valence-electron chi connectivity index (χ0n) is 19.8. The predicted octanol–water partition coefficient (Wildman–Crippen LogP) is 5.04. The summed E-state index contributed by atoms with van der Waals surface area (Å²) in [5.41, 5.74) is 1.54. The average molecular weight is 505 g/mol. The van der Waals surface area contributed by atoms with E-state index < -0.39 is 12.0 Å². The Bertz CT molecular complexity index is 1320. The molecule has 0 fully saturated rings. The highest BCUT2D eigenvalue weighted by Crippen LogP contribution is 2.34. The average Bonchev–Trinajstić information content (AvgIpc) is 3.39. The van der Waals surface area contributed by atoms with Crippen molar-refractivity contribution >= 4 is 28.5 Å². The molecule has 0 saturated heterocycles. The number of benzene rings is 1. The molecule has 2 aromatic rings. The van der Waals surface area contributed by atoms with Crippen LogP contribution in [0.1, 0.15) is 30.3 Å². The van der Waals surface area contributed by atoms with E-state index in [2.05, 4.69) is 21.6 Å². The zero-order chi connectivity index (χ0) is 25.3. The number of methoxy groups -OCH3 is 1. The van der Waals surface area contributed by atoms with Crippen molar-refractivity contribution in [2.75, 3.05) is 12.4 Å². The van der Waals surface area contributed by atoms with Gasteiger partial charge in [0.05, 0.1) is 7.11 Å². The molecule has 0 spiro atoms. The summed E-state index contributed by atoms with van der Waals surface area (Å²) in [6.45, 7) is 1.95. The topological polar surface area (TPSA) is 116 Å². The van der Waals surface area contributed by atoms with Gasteiger partial charge in [-0.15, -0.1) is 10.2 Å². The van der Waals surface area contributed by atoms with E-state index in [0.717, 1.165) is 23.4 Å². The Labute approximate surface area is 212 Å². The fraction of sp³-hybridized carbons (Fsp3) is 0.231. The minimum Gasteiger partial charge on any atom is -0.493 e. The summed E-state index contributed by atoms with van der Waals surface area (Å²) < 4.78 is 22.8. The monoisotopic (exact) mass is 504 g/mol. The van der Waals surface area contributed by atoms with Crippen molar-refractivity contribution in [2.45, 2.75) is 32.3 Å². The second-order valence-corrected chi connectivity index (χ2v) is 8.70. The first-order valence-corrected chi connectivity index (χ1v) is 12.1. The molecule has 10 heteroatoms. The lowest BCUT2D eigenvalue weighted by atomic mass is 9.98. The van der Waals surface area contributed by atoms with Crippen LogP contribution in [0, 0.1) is 11.3 Å². The molecule has 1 aromatic heterocycles. The summed E-state index contributed by atoms with van der Waals surface area (Å²) in [4.78, 5) is 12.6. The van der Waals surface area contributed by atoms with Gasteiger partial charge in [0.25, 0.3) is 5.91 Å². The summed E-state index contributed by atoms with van der Waals surface area (Å²) in [7, 11) is 1.52. The van der Waals surface area contributed by atoms with Gasteiger partial charge in [0.2, 0.25) is 5.13 Å². The number of nitrogens with one attached hydrogen (secondary N) is 1. The Morgan fingerprint density at radius 1 is 1.33 bits per heavy atom. The molecule has 2 aliphatic rings. The number of hydrogen-bond acceptors (Lipinski definition) is 9. The number of ether oxygens (including phenoxy) is 4. The first-order chi connectivity index (χ1) is 17.6. The highest BCUT2D eigenvalue weighted by molar-refractivity contribution is 7.15. The van der Waals surface area contributed by atoms with Crippen LogP contribution in [0.4, 0.5) is 5.13 Å². The van der Waals surface area contributed by atoms with Crippen molar-refractivity contribution in [2.24, 2.45) is 0 Å². The van der Waals surface area contributed by atoms with Gasteiger partial charge in [-0.25, -0.2) is 0 Å². The van der Waals surface area contributed by atoms with Gasteiger partial charge in [-0.1, -0.05) is 42.6 Å². The molecule has 1 aromatic carbocycles. The lowest BCUT2D eigenvalue weighted by Gasteiger charge is -2.26. The molecule has 4 rings (SSSR count). The van der Waals surface area contributed by atoms with E-state index >= 15 is 0 Å². The maximum atomic E-state index is 12.6. The number of anilines is 1. The van der Waals surface area contributed by atoms with Crippen LogP contribution in [0.15, 0.2) is 72.1 Å². The molecule has 0 bridgehead atoms. The Morgan fingerprint density at radius 3 is 2.89 bits per heavy atom. The number of aryl methyl sites for hydroxylation is 1. The number of nitriles is 1. The zero-order valence-corrected chi connectivity index (χ0v) is 20.6. The fourth-order valence-electron chi connectivity index (χ4n) is 3.48. The lowest BCUT2D eigenvalue weighted by Crippen LogP contribution is -2.25. The van der Waals surface area contributed by atoms with E-state index in [0.29, 0.717) is 34.4 Å². The van der Waals surface area contributed by atoms with E-state index in [4.69, 9.17) is 18.9 Å². The Morgan fingerprint density at radius 2 is 2.22 bits per heavy atom. The molecule has 36 heavy (non-hydrogen) atoms. The lowest BCUT2D eigenvalue weighted by molar-refractivity contribution is -0.112. The molecule has 1 atom stereocenters. The van der Waals surface area contributed by atoms with Crippen molar-refractivity contribution in [1.29, 1.82) is 5.26 Å². The number of hydrogen-bond donors (Lipinski definition) is 1. The van der Waals surface area contributed by atoms with Crippen molar-refractivity contribution in [1.82, 2.24) is 10.2 Å². The van der Waals surface area contributed by atoms with E-state index in [-0.39, 0.29) is 5.57 Å². The van der Waals surface area contributed by atoms with Crippen LogP contribution in [-0.4, -0.2) is 29.3 Å². The summed E-state index contributed by atoms with van der Waals surface area (Å²) in [5, 5.41) is 21.2. The molecule has 1 aliphatic heterocycles. The molecule has 2 heterocycles. The van der Waals surface area contributed by atoms with Gasteiger partial charge < -0.3 is 18.9 Å². The number of allylic oxidation sites excluding steroid dienone is 3. The van der Waals surface area contributed by atoms with E-state index in [9.17, 15) is 10.1 Å². The Hall–Kier alpha value is -4.36. The SMILES string of the molecule is CCc1nnc(NC(=O)C(C#N)=Cc2ccc(OC(C3=CC=CCC3)C3=COC=CO3)c(OC)c2)s1. The Balaban J connectivity index is 1.56. The molecule has 1 aliphatic carbocycles. The molecule has 184 valence electrons. The standard InChI is InChI=1S/C26H24N4O5S/c1-3-23-29-30-26(36-23)28-25(31)19(15-27)13-17-9-10-20(21(14-17)32-2)35-24(18-7-5-4-6-8-18)22-16-33-11-12-34-22/h4-5,7,9-14,16,24H,3,6,8H2,1-2H3,(H,28,30,31). The van der Waals surface area contributed by atoms with Crippen LogP contribution in [0.3, 0.4) is 0 Å². The van der Waals surface area contributed by atoms with Crippen LogP contribution >= 0.6 is 11.3 Å². The van der Waals surface area contributed by atoms with Crippen LogP contribution in [-0.2, 0) is 20.7 Å². The van der Waals surface area contributed by atoms with Gasteiger partial charge in [-0.3, -0.25) is 10.1 Å². The van der Waals surface area contributed by atoms with Gasteiger partial charge in [0.1, 0.15) is 35.4 Å². The second kappa shape index (κ2) is 11.9. The normalized spacial score (nSPS) is 15.5. The number of rotatable bonds is 9. The van der Waals surface area contributed by atoms with Gasteiger partial charge in [0, 0.05) is 0 Å². The first kappa shape index (κ1) is 24.8. The smallest absolute Gasteiger partial charge is 0.268 e. The third-order valence-corrected chi connectivity index (χ3v) is 6.25. The van der Waals surface area contributed by atoms with Gasteiger partial charge >= 0.3 is 0 Å². The van der Waals surface area contributed by atoms with Crippen molar-refractivity contribution in [3.8, 4) is 17.6 Å². The van der Waals surface area contributed by atoms with Gasteiger partial charge in [0.15, 0.2) is 23.4 Å². The van der Waals surface area contributed by atoms with Gasteiger partial charge in [-0.2, -0.15) is 5.26 Å². The maximum Gasteiger partial charge on any atom is 0.268 e. The summed E-state index contributed by atoms with van der Waals surface area (Å²) in [6, 6.07) is 7.09. The van der Waals surface area contributed by atoms with Crippen LogP contribution in [0.2, 0.25) is 0 Å². The van der Waals surface area contributed by atoms with E-state index in [1.54, 1.807) is 18.2 Å². The summed E-state index contributed by atoms with van der Waals surface area (Å²) in [6.07, 6.45) is 13.8. The van der Waals surface area contributed by atoms with E-state index in [1.807, 2.05) is 25.1 Å². The highest BCUT2D eigenvalue weighted by atomic mass is 32.1. The number of carbonyl (C=O) groups excluding carboxylic acids is 1. The second-order valence-electron chi connectivity index (χ2n) is 7.64. The van der Waals surface area contributed by atoms with Crippen molar-refractivity contribution in [3.63, 3.8) is 0 Å². The molecule has 1 unspecified atom stereocenters. The third kappa shape index (κ3) is 6.00. The van der Waals surface area contributed by atoms with Crippen LogP contribution < -0.4 is 14.8 Å². The number of nitrogens with zero attached hydrogens (tertiary/aromatic N) is 3. The number of aromatic nitrogens is 2. The number of carbonyl (C=O) groups is 1. The molecule has 0 saturated carbocycles.